The average molecular weight is 517 g/mol. The SMILES string of the molecule is CC(C)C[C@H](NC(=O)C(F)(F)F)[C@@H](Oc1ccc2c(cnn2-c2ccc(F)cc2)c1)c1cccc(F)c1. The third kappa shape index (κ3) is 6.25. The predicted molar refractivity (Wildman–Crippen MR) is 128 cm³/mol. The molecule has 1 heterocycles. The van der Waals surface area contributed by atoms with Crippen LogP contribution < -0.4 is 10.1 Å². The van der Waals surface area contributed by atoms with Crippen LogP contribution in [0.3, 0.4) is 0 Å². The number of nitrogens with one attached hydrogen (secondary N) is 1. The van der Waals surface area contributed by atoms with Gasteiger partial charge in [-0.2, -0.15) is 18.3 Å². The zero-order valence-corrected chi connectivity index (χ0v) is 20.0. The van der Waals surface area contributed by atoms with E-state index < -0.39 is 30.0 Å². The van der Waals surface area contributed by atoms with Crippen molar-refractivity contribution in [1.29, 1.82) is 0 Å². The van der Waals surface area contributed by atoms with Crippen LogP contribution in [-0.2, 0) is 4.79 Å². The van der Waals surface area contributed by atoms with Crippen molar-refractivity contribution < 1.29 is 31.5 Å². The van der Waals surface area contributed by atoms with Crippen LogP contribution in [0.15, 0.2) is 72.9 Å². The molecule has 0 bridgehead atoms. The predicted octanol–water partition coefficient (Wildman–Crippen LogP) is 6.52. The molecule has 1 amide bonds. The van der Waals surface area contributed by atoms with Crippen LogP contribution in [0.1, 0.15) is 31.9 Å². The highest BCUT2D eigenvalue weighted by atomic mass is 19.4. The second kappa shape index (κ2) is 10.6. The van der Waals surface area contributed by atoms with Crippen molar-refractivity contribution in [2.24, 2.45) is 5.92 Å². The summed E-state index contributed by atoms with van der Waals surface area (Å²) in [5, 5.41) is 7.02. The number of alkyl halides is 3. The standard InChI is InChI=1S/C27H24F5N3O2/c1-16(2)12-23(34-26(36)27(30,31)32)25(17-4-3-5-20(29)13-17)37-22-10-11-24-18(14-22)15-33-35(24)21-8-6-19(28)7-9-21/h3-11,13-16,23,25H,12H2,1-2H3,(H,34,36)/t23-,25-/m0/s1. The first-order valence-electron chi connectivity index (χ1n) is 11.5. The zero-order chi connectivity index (χ0) is 26.7. The van der Waals surface area contributed by atoms with E-state index in [1.54, 1.807) is 55.1 Å². The maximum Gasteiger partial charge on any atom is 0.471 e. The molecule has 4 rings (SSSR count). The monoisotopic (exact) mass is 517 g/mol. The van der Waals surface area contributed by atoms with Crippen molar-refractivity contribution in [3.8, 4) is 11.4 Å². The second-order valence-electron chi connectivity index (χ2n) is 9.05. The van der Waals surface area contributed by atoms with E-state index in [9.17, 15) is 26.7 Å². The molecule has 1 aromatic heterocycles. The summed E-state index contributed by atoms with van der Waals surface area (Å²) in [7, 11) is 0. The number of carbonyl (C=O) groups is 1. The van der Waals surface area contributed by atoms with E-state index >= 15 is 0 Å². The first-order valence-corrected chi connectivity index (χ1v) is 11.5. The van der Waals surface area contributed by atoms with Gasteiger partial charge in [0.1, 0.15) is 23.5 Å². The van der Waals surface area contributed by atoms with Gasteiger partial charge in [0.15, 0.2) is 0 Å². The highest BCUT2D eigenvalue weighted by Crippen LogP contribution is 2.32. The minimum Gasteiger partial charge on any atom is -0.484 e. The van der Waals surface area contributed by atoms with E-state index in [1.807, 2.05) is 5.32 Å². The number of benzene rings is 3. The molecule has 5 nitrogen and oxygen atoms in total. The Hall–Kier alpha value is -3.95. The lowest BCUT2D eigenvalue weighted by molar-refractivity contribution is -0.175. The molecule has 4 aromatic rings. The van der Waals surface area contributed by atoms with Gasteiger partial charge in [0.2, 0.25) is 0 Å². The largest absolute Gasteiger partial charge is 0.484 e. The van der Waals surface area contributed by atoms with Gasteiger partial charge in [0.25, 0.3) is 0 Å². The maximum absolute atomic E-state index is 14.1. The van der Waals surface area contributed by atoms with Gasteiger partial charge in [0.05, 0.1) is 23.4 Å². The molecule has 194 valence electrons. The number of nitrogens with zero attached hydrogens (tertiary/aromatic N) is 2. The van der Waals surface area contributed by atoms with Gasteiger partial charge in [-0.05, 0) is 72.5 Å². The van der Waals surface area contributed by atoms with Crippen molar-refractivity contribution in [2.75, 3.05) is 0 Å². The topological polar surface area (TPSA) is 56.1 Å². The Balaban J connectivity index is 1.70. The summed E-state index contributed by atoms with van der Waals surface area (Å²) < 4.78 is 74.4. The lowest BCUT2D eigenvalue weighted by Crippen LogP contribution is -2.47. The van der Waals surface area contributed by atoms with Gasteiger partial charge < -0.3 is 10.1 Å². The summed E-state index contributed by atoms with van der Waals surface area (Å²) in [6, 6.07) is 15.0. The first kappa shape index (κ1) is 26.1. The Labute approximate surface area is 209 Å². The van der Waals surface area contributed by atoms with Crippen LogP contribution in [0.25, 0.3) is 16.6 Å². The lowest BCUT2D eigenvalue weighted by atomic mass is 9.94. The number of amides is 1. The van der Waals surface area contributed by atoms with Gasteiger partial charge in [-0.3, -0.25) is 4.79 Å². The Bertz CT molecular complexity index is 1380. The van der Waals surface area contributed by atoms with E-state index in [0.717, 1.165) is 0 Å². The minimum atomic E-state index is -5.09. The molecule has 10 heteroatoms. The normalized spacial score (nSPS) is 13.5. The third-order valence-electron chi connectivity index (χ3n) is 5.72. The Kier molecular flexibility index (Phi) is 7.47. The highest BCUT2D eigenvalue weighted by molar-refractivity contribution is 5.82. The van der Waals surface area contributed by atoms with E-state index in [2.05, 4.69) is 5.10 Å². The summed E-state index contributed by atoms with van der Waals surface area (Å²) >= 11 is 0. The highest BCUT2D eigenvalue weighted by Gasteiger charge is 2.41. The number of ether oxygens (including phenoxy) is 1. The van der Waals surface area contributed by atoms with E-state index in [1.165, 1.54) is 36.4 Å². The van der Waals surface area contributed by atoms with Crippen LogP contribution in [0.4, 0.5) is 22.0 Å². The lowest BCUT2D eigenvalue weighted by Gasteiger charge is -2.30. The molecule has 0 spiro atoms. The molecule has 0 saturated heterocycles. The van der Waals surface area contributed by atoms with E-state index in [4.69, 9.17) is 4.74 Å². The van der Waals surface area contributed by atoms with Crippen LogP contribution in [0, 0.1) is 17.6 Å². The van der Waals surface area contributed by atoms with Crippen molar-refractivity contribution in [3.63, 3.8) is 0 Å². The molecule has 2 atom stereocenters. The molecule has 0 aliphatic rings. The molecule has 1 N–H and O–H groups in total. The number of fused-ring (bicyclic) bond motifs is 1. The Morgan fingerprint density at radius 3 is 2.38 bits per heavy atom. The van der Waals surface area contributed by atoms with Crippen LogP contribution in [0.5, 0.6) is 5.75 Å². The van der Waals surface area contributed by atoms with Gasteiger partial charge in [-0.15, -0.1) is 0 Å². The van der Waals surface area contributed by atoms with Gasteiger partial charge >= 0.3 is 12.1 Å². The minimum absolute atomic E-state index is 0.102. The molecule has 0 aliphatic carbocycles. The number of rotatable bonds is 8. The summed E-state index contributed by atoms with van der Waals surface area (Å²) in [4.78, 5) is 11.8. The number of hydrogen-bond donors (Lipinski definition) is 1. The smallest absolute Gasteiger partial charge is 0.471 e. The molecule has 0 unspecified atom stereocenters. The molecule has 0 radical (unpaired) electrons. The summed E-state index contributed by atoms with van der Waals surface area (Å²) in [6.45, 7) is 3.59. The molecule has 0 aliphatic heterocycles. The molecule has 0 fully saturated rings. The molecule has 0 saturated carbocycles. The maximum atomic E-state index is 14.1. The van der Waals surface area contributed by atoms with E-state index in [0.29, 0.717) is 16.6 Å². The zero-order valence-electron chi connectivity index (χ0n) is 20.0. The van der Waals surface area contributed by atoms with Crippen LogP contribution in [0.2, 0.25) is 0 Å². The first-order chi connectivity index (χ1) is 17.5. The Morgan fingerprint density at radius 1 is 1.00 bits per heavy atom. The number of halogens is 5. The molecular weight excluding hydrogens is 493 g/mol. The van der Waals surface area contributed by atoms with Crippen molar-refractivity contribution in [3.05, 3.63) is 90.1 Å². The fourth-order valence-corrected chi connectivity index (χ4v) is 4.10. The van der Waals surface area contributed by atoms with Crippen molar-refractivity contribution in [2.45, 2.75) is 38.6 Å². The fraction of sp³-hybridized carbons (Fsp3) is 0.259. The van der Waals surface area contributed by atoms with Gasteiger partial charge in [-0.1, -0.05) is 26.0 Å². The van der Waals surface area contributed by atoms with Gasteiger partial charge in [0, 0.05) is 5.39 Å². The Morgan fingerprint density at radius 2 is 1.73 bits per heavy atom. The summed E-state index contributed by atoms with van der Waals surface area (Å²) in [5.74, 6) is -2.88. The van der Waals surface area contributed by atoms with Crippen LogP contribution >= 0.6 is 0 Å². The number of aromatic nitrogens is 2. The van der Waals surface area contributed by atoms with E-state index in [-0.39, 0.29) is 29.5 Å². The fourth-order valence-electron chi connectivity index (χ4n) is 4.10. The third-order valence-corrected chi connectivity index (χ3v) is 5.72. The number of hydrogen-bond acceptors (Lipinski definition) is 3. The van der Waals surface area contributed by atoms with Crippen molar-refractivity contribution >= 4 is 16.8 Å². The van der Waals surface area contributed by atoms with Gasteiger partial charge in [-0.25, -0.2) is 13.5 Å². The molecule has 37 heavy (non-hydrogen) atoms. The van der Waals surface area contributed by atoms with Crippen LogP contribution in [-0.4, -0.2) is 27.9 Å². The van der Waals surface area contributed by atoms with Crippen molar-refractivity contribution in [1.82, 2.24) is 15.1 Å². The quantitative estimate of drug-likeness (QED) is 0.271. The molecular formula is C27H24F5N3O2. The average Bonchev–Trinajstić information content (AvgIpc) is 3.25. The molecule has 3 aromatic carbocycles. The number of carbonyl (C=O) groups excluding carboxylic acids is 1. The summed E-state index contributed by atoms with van der Waals surface area (Å²) in [5.41, 5.74) is 1.59. The second-order valence-corrected chi connectivity index (χ2v) is 9.05. The summed E-state index contributed by atoms with van der Waals surface area (Å²) in [6.07, 6.45) is -4.49.